The van der Waals surface area contributed by atoms with E-state index in [1.165, 1.54) is 135 Å². The van der Waals surface area contributed by atoms with Gasteiger partial charge < -0.3 is 14.2 Å². The zero-order valence-electron chi connectivity index (χ0n) is 43.6. The second-order valence-electron chi connectivity index (χ2n) is 18.1. The molecule has 1 atom stereocenters. The smallest absolute Gasteiger partial charge is 0.306 e. The summed E-state index contributed by atoms with van der Waals surface area (Å²) in [6.07, 6.45) is 72.6. The maximum Gasteiger partial charge on any atom is 0.306 e. The van der Waals surface area contributed by atoms with Gasteiger partial charge in [0, 0.05) is 19.3 Å². The van der Waals surface area contributed by atoms with E-state index < -0.39 is 6.10 Å². The number of hydrogen-bond acceptors (Lipinski definition) is 6. The molecule has 0 aliphatic carbocycles. The highest BCUT2D eigenvalue weighted by atomic mass is 16.6. The largest absolute Gasteiger partial charge is 0.462 e. The Bertz CT molecular complexity index is 1350. The lowest BCUT2D eigenvalue weighted by molar-refractivity contribution is -0.167. The molecule has 0 N–H and O–H groups in total. The summed E-state index contributed by atoms with van der Waals surface area (Å²) in [5.74, 6) is -1.03. The van der Waals surface area contributed by atoms with Crippen LogP contribution in [-0.4, -0.2) is 37.2 Å². The monoisotopic (exact) mass is 931 g/mol. The molecule has 0 saturated heterocycles. The van der Waals surface area contributed by atoms with E-state index in [4.69, 9.17) is 14.2 Å². The van der Waals surface area contributed by atoms with E-state index in [0.717, 1.165) is 64.2 Å². The lowest BCUT2D eigenvalue weighted by atomic mass is 10.1. The van der Waals surface area contributed by atoms with Gasteiger partial charge in [0.2, 0.25) is 0 Å². The maximum atomic E-state index is 12.8. The topological polar surface area (TPSA) is 78.9 Å². The Kier molecular flexibility index (Phi) is 51.9. The third-order valence-corrected chi connectivity index (χ3v) is 11.5. The zero-order chi connectivity index (χ0) is 48.6. The van der Waals surface area contributed by atoms with Crippen molar-refractivity contribution in [1.29, 1.82) is 0 Å². The van der Waals surface area contributed by atoms with E-state index >= 15 is 0 Å². The first-order valence-electron chi connectivity index (χ1n) is 27.7. The number of carbonyl (C=O) groups is 3. The first-order chi connectivity index (χ1) is 33.0. The molecule has 0 aliphatic heterocycles. The first kappa shape index (κ1) is 63.3. The van der Waals surface area contributed by atoms with Gasteiger partial charge in [-0.3, -0.25) is 14.4 Å². The molecule has 382 valence electrons. The first-order valence-corrected chi connectivity index (χ1v) is 27.7. The van der Waals surface area contributed by atoms with Crippen LogP contribution in [0.15, 0.2) is 97.2 Å². The number of unbranched alkanes of at least 4 members (excludes halogenated alkanes) is 22. The number of allylic oxidation sites excluding steroid dienone is 16. The molecule has 6 heteroatoms. The third-order valence-electron chi connectivity index (χ3n) is 11.5. The molecule has 0 heterocycles. The fourth-order valence-corrected chi connectivity index (χ4v) is 7.33. The minimum absolute atomic E-state index is 0.117. The summed E-state index contributed by atoms with van der Waals surface area (Å²) in [5, 5.41) is 0. The van der Waals surface area contributed by atoms with Gasteiger partial charge >= 0.3 is 17.9 Å². The second-order valence-corrected chi connectivity index (χ2v) is 18.1. The van der Waals surface area contributed by atoms with E-state index in [1.807, 2.05) is 0 Å². The van der Waals surface area contributed by atoms with Crippen molar-refractivity contribution in [2.24, 2.45) is 0 Å². The van der Waals surface area contributed by atoms with Gasteiger partial charge in [-0.2, -0.15) is 0 Å². The summed E-state index contributed by atoms with van der Waals surface area (Å²) >= 11 is 0. The maximum absolute atomic E-state index is 12.8. The van der Waals surface area contributed by atoms with Crippen LogP contribution in [0.1, 0.15) is 252 Å². The molecule has 0 radical (unpaired) electrons. The minimum Gasteiger partial charge on any atom is -0.462 e. The van der Waals surface area contributed by atoms with Gasteiger partial charge in [-0.15, -0.1) is 0 Å². The number of hydrogen-bond donors (Lipinski definition) is 0. The number of esters is 3. The van der Waals surface area contributed by atoms with Crippen LogP contribution in [0.3, 0.4) is 0 Å². The van der Waals surface area contributed by atoms with Crippen LogP contribution in [0.25, 0.3) is 0 Å². The van der Waals surface area contributed by atoms with Crippen LogP contribution < -0.4 is 0 Å². The average Bonchev–Trinajstić information content (AvgIpc) is 3.33. The van der Waals surface area contributed by atoms with Crippen molar-refractivity contribution < 1.29 is 28.6 Å². The van der Waals surface area contributed by atoms with Crippen molar-refractivity contribution in [3.8, 4) is 0 Å². The average molecular weight is 931 g/mol. The van der Waals surface area contributed by atoms with E-state index in [2.05, 4.69) is 118 Å². The Morgan fingerprint density at radius 2 is 0.552 bits per heavy atom. The van der Waals surface area contributed by atoms with Gasteiger partial charge in [0.25, 0.3) is 0 Å². The van der Waals surface area contributed by atoms with Gasteiger partial charge in [0.1, 0.15) is 13.2 Å². The molecule has 0 aliphatic rings. The molecule has 6 nitrogen and oxygen atoms in total. The van der Waals surface area contributed by atoms with Crippen molar-refractivity contribution in [2.75, 3.05) is 13.2 Å². The van der Waals surface area contributed by atoms with Crippen LogP contribution >= 0.6 is 0 Å². The summed E-state index contributed by atoms with van der Waals surface area (Å²) in [6.45, 7) is 6.50. The molecule has 1 unspecified atom stereocenters. The summed E-state index contributed by atoms with van der Waals surface area (Å²) in [4.78, 5) is 38.0. The highest BCUT2D eigenvalue weighted by Crippen LogP contribution is 2.13. The number of carbonyl (C=O) groups excluding carboxylic acids is 3. The van der Waals surface area contributed by atoms with Gasteiger partial charge in [-0.05, 0) is 116 Å². The number of ether oxygens (including phenoxy) is 3. The van der Waals surface area contributed by atoms with E-state index in [9.17, 15) is 14.4 Å². The molecule has 0 spiro atoms. The zero-order valence-corrected chi connectivity index (χ0v) is 43.6. The Morgan fingerprint density at radius 1 is 0.299 bits per heavy atom. The molecule has 67 heavy (non-hydrogen) atoms. The molecule has 0 fully saturated rings. The lowest BCUT2D eigenvalue weighted by Crippen LogP contribution is -2.30. The Balaban J connectivity index is 4.56. The second kappa shape index (κ2) is 54.9. The van der Waals surface area contributed by atoms with E-state index in [-0.39, 0.29) is 44.0 Å². The molecular formula is C61H102O6. The molecule has 0 aromatic heterocycles. The van der Waals surface area contributed by atoms with Gasteiger partial charge in [0.15, 0.2) is 6.10 Å². The highest BCUT2D eigenvalue weighted by Gasteiger charge is 2.19. The van der Waals surface area contributed by atoms with Crippen LogP contribution in [0.5, 0.6) is 0 Å². The fourth-order valence-electron chi connectivity index (χ4n) is 7.33. The standard InChI is InChI=1S/C61H102O6/c1-4-7-10-13-16-19-22-25-28-30-33-36-39-42-45-48-51-54-60(63)66-57-58(56-65-59(62)53-50-47-44-41-38-35-32-27-24-21-18-15-12-9-6-3)67-61(64)55-52-49-46-43-40-37-34-31-29-26-23-20-17-14-11-8-5-2/h16,19,21,24-26,28-29,33-34,36-37,42-43,45-46,58H,4-15,17-18,20,22-23,27,30-32,35,38-41,44,47-57H2,1-3H3/b19-16-,24-21-,28-25-,29-26-,36-33-,37-34-,45-42-,46-43-. The van der Waals surface area contributed by atoms with E-state index in [0.29, 0.717) is 19.3 Å². The Morgan fingerprint density at radius 3 is 0.955 bits per heavy atom. The summed E-state index contributed by atoms with van der Waals surface area (Å²) < 4.78 is 16.7. The third kappa shape index (κ3) is 53.2. The van der Waals surface area contributed by atoms with Gasteiger partial charge in [-0.1, -0.05) is 214 Å². The molecule has 0 amide bonds. The Labute approximate surface area is 413 Å². The lowest BCUT2D eigenvalue weighted by Gasteiger charge is -2.18. The number of rotatable bonds is 49. The summed E-state index contributed by atoms with van der Waals surface area (Å²) in [5.41, 5.74) is 0. The quantitative estimate of drug-likeness (QED) is 0.0262. The molecule has 0 bridgehead atoms. The van der Waals surface area contributed by atoms with Crippen LogP contribution in [0.4, 0.5) is 0 Å². The van der Waals surface area contributed by atoms with Crippen molar-refractivity contribution in [3.05, 3.63) is 97.2 Å². The SMILES string of the molecule is CCCCC/C=C\C/C=C\C/C=C\C/C=C\CCCC(=O)OCC(COC(=O)CCCCCCCCC/C=C\CCCCCC)OC(=O)CCC/C=C\C/C=C\C/C=C\CCCCCCCC. The predicted molar refractivity (Wildman–Crippen MR) is 288 cm³/mol. The molecular weight excluding hydrogens is 829 g/mol. The van der Waals surface area contributed by atoms with Gasteiger partial charge in [-0.25, -0.2) is 0 Å². The summed E-state index contributed by atoms with van der Waals surface area (Å²) in [7, 11) is 0. The molecule has 0 saturated carbocycles. The van der Waals surface area contributed by atoms with Crippen molar-refractivity contribution in [3.63, 3.8) is 0 Å². The van der Waals surface area contributed by atoms with Crippen molar-refractivity contribution in [1.82, 2.24) is 0 Å². The Hall–Kier alpha value is -3.67. The normalized spacial score (nSPS) is 12.8. The molecule has 0 aromatic carbocycles. The fraction of sp³-hybridized carbons (Fsp3) is 0.689. The van der Waals surface area contributed by atoms with Crippen molar-refractivity contribution in [2.45, 2.75) is 258 Å². The molecule has 0 rings (SSSR count). The minimum atomic E-state index is -0.828. The van der Waals surface area contributed by atoms with Gasteiger partial charge in [0.05, 0.1) is 0 Å². The molecule has 0 aromatic rings. The van der Waals surface area contributed by atoms with Crippen LogP contribution in [-0.2, 0) is 28.6 Å². The van der Waals surface area contributed by atoms with Crippen molar-refractivity contribution >= 4 is 17.9 Å². The predicted octanol–water partition coefficient (Wildman–Crippen LogP) is 18.5. The highest BCUT2D eigenvalue weighted by molar-refractivity contribution is 5.71. The van der Waals surface area contributed by atoms with E-state index in [1.54, 1.807) is 0 Å². The van der Waals surface area contributed by atoms with Crippen LogP contribution in [0.2, 0.25) is 0 Å². The summed E-state index contributed by atoms with van der Waals surface area (Å²) in [6, 6.07) is 0. The van der Waals surface area contributed by atoms with Crippen LogP contribution in [0, 0.1) is 0 Å².